The van der Waals surface area contributed by atoms with Gasteiger partial charge in [-0.15, -0.1) is 0 Å². The van der Waals surface area contributed by atoms with Crippen LogP contribution in [-0.2, 0) is 4.79 Å². The molecule has 1 amide bonds. The molecule has 0 aromatic carbocycles. The van der Waals surface area contributed by atoms with Gasteiger partial charge in [-0.1, -0.05) is 27.7 Å². The summed E-state index contributed by atoms with van der Waals surface area (Å²) in [5.41, 5.74) is 6.23. The number of nitrogens with zero attached hydrogens (tertiary/aromatic N) is 1. The second-order valence-corrected chi connectivity index (χ2v) is 7.64. The molecule has 0 aromatic heterocycles. The summed E-state index contributed by atoms with van der Waals surface area (Å²) in [7, 11) is 0. The van der Waals surface area contributed by atoms with Crippen LogP contribution in [0, 0.1) is 17.3 Å². The molecule has 116 valence electrons. The van der Waals surface area contributed by atoms with Crippen molar-refractivity contribution in [3.8, 4) is 0 Å². The highest BCUT2D eigenvalue weighted by atomic mass is 16.2. The highest BCUT2D eigenvalue weighted by molar-refractivity contribution is 5.80. The number of amides is 1. The monoisotopic (exact) mass is 280 g/mol. The Balaban J connectivity index is 2.20. The zero-order chi connectivity index (χ0) is 15.1. The molecule has 2 N–H and O–H groups in total. The highest BCUT2D eigenvalue weighted by Crippen LogP contribution is 2.46. The lowest BCUT2D eigenvalue weighted by molar-refractivity contribution is -0.146. The summed E-state index contributed by atoms with van der Waals surface area (Å²) in [5.74, 6) is 0.945. The van der Waals surface area contributed by atoms with Gasteiger partial charge >= 0.3 is 0 Å². The van der Waals surface area contributed by atoms with Crippen molar-refractivity contribution in [2.45, 2.75) is 84.8 Å². The molecule has 0 aromatic rings. The Bertz CT molecular complexity index is 366. The van der Waals surface area contributed by atoms with Crippen LogP contribution < -0.4 is 5.73 Å². The minimum absolute atomic E-state index is 0.00928. The fraction of sp³-hybridized carbons (Fsp3) is 0.941. The van der Waals surface area contributed by atoms with Crippen LogP contribution in [0.2, 0.25) is 0 Å². The number of hydrogen-bond acceptors (Lipinski definition) is 2. The average molecular weight is 280 g/mol. The Morgan fingerprint density at radius 1 is 1.20 bits per heavy atom. The molecule has 1 saturated heterocycles. The Morgan fingerprint density at radius 3 is 2.45 bits per heavy atom. The van der Waals surface area contributed by atoms with E-state index in [4.69, 9.17) is 5.73 Å². The third-order valence-electron chi connectivity index (χ3n) is 6.31. The number of hydrogen-bond donors (Lipinski definition) is 1. The lowest BCUT2D eigenvalue weighted by Crippen LogP contribution is -2.54. The summed E-state index contributed by atoms with van der Waals surface area (Å²) in [4.78, 5) is 15.3. The van der Waals surface area contributed by atoms with Crippen molar-refractivity contribution < 1.29 is 4.79 Å². The molecule has 2 rings (SSSR count). The molecule has 0 spiro atoms. The van der Waals surface area contributed by atoms with E-state index in [-0.39, 0.29) is 17.4 Å². The fourth-order valence-electron chi connectivity index (χ4n) is 4.34. The minimum Gasteiger partial charge on any atom is -0.337 e. The molecule has 3 nitrogen and oxygen atoms in total. The lowest BCUT2D eigenvalue weighted by atomic mass is 9.60. The third-order valence-corrected chi connectivity index (χ3v) is 6.31. The van der Waals surface area contributed by atoms with E-state index in [0.29, 0.717) is 23.9 Å². The Morgan fingerprint density at radius 2 is 1.85 bits per heavy atom. The number of carbonyl (C=O) groups is 1. The molecule has 2 fully saturated rings. The molecule has 0 bridgehead atoms. The molecule has 1 heterocycles. The van der Waals surface area contributed by atoms with Crippen LogP contribution in [0.5, 0.6) is 0 Å². The largest absolute Gasteiger partial charge is 0.337 e. The second-order valence-electron chi connectivity index (χ2n) is 7.64. The minimum atomic E-state index is 0.00928. The quantitative estimate of drug-likeness (QED) is 0.844. The number of carbonyl (C=O) groups excluding carboxylic acids is 1. The smallest absolute Gasteiger partial charge is 0.226 e. The summed E-state index contributed by atoms with van der Waals surface area (Å²) in [6.07, 6.45) is 5.35. The molecular weight excluding hydrogens is 248 g/mol. The predicted octanol–water partition coefficient (Wildman–Crippen LogP) is 3.18. The van der Waals surface area contributed by atoms with Gasteiger partial charge in [-0.2, -0.15) is 0 Å². The van der Waals surface area contributed by atoms with Crippen molar-refractivity contribution in [2.75, 3.05) is 0 Å². The van der Waals surface area contributed by atoms with E-state index < -0.39 is 0 Å². The molecule has 1 saturated carbocycles. The van der Waals surface area contributed by atoms with Crippen molar-refractivity contribution in [3.05, 3.63) is 0 Å². The topological polar surface area (TPSA) is 46.3 Å². The van der Waals surface area contributed by atoms with Gasteiger partial charge in [-0.05, 0) is 50.4 Å². The first-order valence-electron chi connectivity index (χ1n) is 8.38. The Kier molecular flexibility index (Phi) is 4.48. The van der Waals surface area contributed by atoms with E-state index in [1.54, 1.807) is 0 Å². The molecule has 3 heteroatoms. The van der Waals surface area contributed by atoms with Crippen LogP contribution in [0.4, 0.5) is 0 Å². The molecule has 1 aliphatic heterocycles. The first-order valence-corrected chi connectivity index (χ1v) is 8.38. The van der Waals surface area contributed by atoms with E-state index in [1.807, 2.05) is 0 Å². The molecule has 2 aliphatic rings. The van der Waals surface area contributed by atoms with E-state index >= 15 is 0 Å². The van der Waals surface area contributed by atoms with Crippen LogP contribution >= 0.6 is 0 Å². The van der Waals surface area contributed by atoms with Crippen LogP contribution in [0.1, 0.15) is 66.7 Å². The van der Waals surface area contributed by atoms with Gasteiger partial charge in [0.15, 0.2) is 0 Å². The number of likely N-dealkylation sites (tertiary alicyclic amines) is 1. The lowest BCUT2D eigenvalue weighted by Gasteiger charge is -2.48. The zero-order valence-corrected chi connectivity index (χ0v) is 13.9. The maximum Gasteiger partial charge on any atom is 0.226 e. The Labute approximate surface area is 124 Å². The van der Waals surface area contributed by atoms with E-state index in [2.05, 4.69) is 39.5 Å². The summed E-state index contributed by atoms with van der Waals surface area (Å²) >= 11 is 0. The van der Waals surface area contributed by atoms with Crippen LogP contribution in [0.25, 0.3) is 0 Å². The average Bonchev–Trinajstić information content (AvgIpc) is 2.76. The van der Waals surface area contributed by atoms with Crippen molar-refractivity contribution in [3.63, 3.8) is 0 Å². The van der Waals surface area contributed by atoms with Gasteiger partial charge < -0.3 is 10.6 Å². The standard InChI is InChI=1S/C17H32N2O/c1-6-13-8-7-11(2)19(13)16(20)14-9-10-15(18)12(3)17(14,4)5/h11-15H,6-10,18H2,1-5H3. The van der Waals surface area contributed by atoms with E-state index in [9.17, 15) is 4.79 Å². The van der Waals surface area contributed by atoms with Gasteiger partial charge in [0.2, 0.25) is 5.91 Å². The second kappa shape index (κ2) is 5.67. The summed E-state index contributed by atoms with van der Waals surface area (Å²) in [6.45, 7) is 11.1. The maximum absolute atomic E-state index is 13.1. The molecule has 5 atom stereocenters. The highest BCUT2D eigenvalue weighted by Gasteiger charge is 2.48. The molecule has 1 aliphatic carbocycles. The van der Waals surface area contributed by atoms with Crippen LogP contribution in [0.15, 0.2) is 0 Å². The van der Waals surface area contributed by atoms with Crippen molar-refractivity contribution >= 4 is 5.91 Å². The number of rotatable bonds is 2. The van der Waals surface area contributed by atoms with E-state index in [1.165, 1.54) is 6.42 Å². The SMILES string of the molecule is CCC1CCC(C)N1C(=O)C1CCC(N)C(C)C1(C)C. The summed E-state index contributed by atoms with van der Waals surface area (Å²) in [5, 5.41) is 0. The summed E-state index contributed by atoms with van der Waals surface area (Å²) < 4.78 is 0. The van der Waals surface area contributed by atoms with Gasteiger partial charge in [0, 0.05) is 24.0 Å². The first-order chi connectivity index (χ1) is 9.30. The molecule has 20 heavy (non-hydrogen) atoms. The van der Waals surface area contributed by atoms with Crippen molar-refractivity contribution in [1.82, 2.24) is 4.90 Å². The van der Waals surface area contributed by atoms with Gasteiger partial charge in [-0.3, -0.25) is 4.79 Å². The summed E-state index contributed by atoms with van der Waals surface area (Å²) in [6, 6.07) is 1.11. The third kappa shape index (κ3) is 2.49. The maximum atomic E-state index is 13.1. The normalized spacial score (nSPS) is 40.9. The molecular formula is C17H32N2O. The molecule has 5 unspecified atom stereocenters. The van der Waals surface area contributed by atoms with Crippen molar-refractivity contribution in [1.29, 1.82) is 0 Å². The zero-order valence-electron chi connectivity index (χ0n) is 13.9. The van der Waals surface area contributed by atoms with Crippen LogP contribution in [0.3, 0.4) is 0 Å². The van der Waals surface area contributed by atoms with Crippen LogP contribution in [-0.4, -0.2) is 28.9 Å². The van der Waals surface area contributed by atoms with Gasteiger partial charge in [0.05, 0.1) is 0 Å². The first kappa shape index (κ1) is 15.8. The van der Waals surface area contributed by atoms with E-state index in [0.717, 1.165) is 25.7 Å². The van der Waals surface area contributed by atoms with Gasteiger partial charge in [0.1, 0.15) is 0 Å². The predicted molar refractivity (Wildman–Crippen MR) is 83.3 cm³/mol. The fourth-order valence-corrected chi connectivity index (χ4v) is 4.34. The van der Waals surface area contributed by atoms with Gasteiger partial charge in [0.25, 0.3) is 0 Å². The van der Waals surface area contributed by atoms with Gasteiger partial charge in [-0.25, -0.2) is 0 Å². The number of nitrogens with two attached hydrogens (primary N) is 1. The molecule has 0 radical (unpaired) electrons. The van der Waals surface area contributed by atoms with Crippen molar-refractivity contribution in [2.24, 2.45) is 23.0 Å². The Hall–Kier alpha value is -0.570.